The molecule has 0 fully saturated rings. The number of methoxy groups -OCH3 is 3. The number of nitrogens with zero attached hydrogens (tertiary/aromatic N) is 1. The number of carbonyl (C=O) groups is 1. The number of aryl methyl sites for hydroxylation is 1. The van der Waals surface area contributed by atoms with Gasteiger partial charge in [-0.15, -0.1) is 6.42 Å². The minimum atomic E-state index is -0.153. The molecule has 1 amide bonds. The Morgan fingerprint density at radius 3 is 2.27 bits per heavy atom. The Balaban J connectivity index is 3.19. The van der Waals surface area contributed by atoms with E-state index in [1.165, 1.54) is 33.5 Å². The van der Waals surface area contributed by atoms with Crippen molar-refractivity contribution in [2.24, 2.45) is 0 Å². The summed E-state index contributed by atoms with van der Waals surface area (Å²) in [6.07, 6.45) is 6.27. The first kappa shape index (κ1) is 17.7. The number of carbonyl (C=O) groups excluding carboxylic acids is 1. The molecule has 0 atom stereocenters. The number of hydrogen-bond acceptors (Lipinski definition) is 5. The lowest BCUT2D eigenvalue weighted by atomic mass is 10.0. The molecule has 0 aromatic heterocycles. The van der Waals surface area contributed by atoms with Crippen molar-refractivity contribution in [1.29, 1.82) is 0 Å². The number of terminal acetylenes is 1. The molecule has 0 N–H and O–H groups in total. The minimum Gasteiger partial charge on any atom is -0.493 e. The molecule has 0 saturated heterocycles. The minimum absolute atomic E-state index is 0.153. The average molecular weight is 307 g/mol. The molecule has 0 aliphatic carbocycles. The third-order valence-electron chi connectivity index (χ3n) is 3.29. The molecular weight excluding hydrogens is 286 g/mol. The summed E-state index contributed by atoms with van der Waals surface area (Å²) in [6.45, 7) is 0. The predicted octanol–water partition coefficient (Wildman–Crippen LogP) is 1.65. The molecule has 0 bridgehead atoms. The Morgan fingerprint density at radius 1 is 1.18 bits per heavy atom. The van der Waals surface area contributed by atoms with Crippen molar-refractivity contribution in [3.05, 3.63) is 17.2 Å². The Kier molecular flexibility index (Phi) is 6.54. The molecule has 6 nitrogen and oxygen atoms in total. The highest BCUT2D eigenvalue weighted by atomic mass is 16.7. The van der Waals surface area contributed by atoms with Crippen molar-refractivity contribution in [2.75, 3.05) is 35.5 Å². The van der Waals surface area contributed by atoms with E-state index in [1.54, 1.807) is 13.1 Å². The van der Waals surface area contributed by atoms with Gasteiger partial charge >= 0.3 is 0 Å². The molecular formula is C16H21NO5. The van der Waals surface area contributed by atoms with Crippen LogP contribution in [0.1, 0.15) is 17.5 Å². The van der Waals surface area contributed by atoms with Crippen molar-refractivity contribution < 1.29 is 23.8 Å². The fourth-order valence-corrected chi connectivity index (χ4v) is 2.06. The quantitative estimate of drug-likeness (QED) is 0.566. The molecule has 1 rings (SSSR count). The number of hydrogen-bond donors (Lipinski definition) is 0. The third-order valence-corrected chi connectivity index (χ3v) is 3.29. The van der Waals surface area contributed by atoms with E-state index >= 15 is 0 Å². The van der Waals surface area contributed by atoms with Crippen LogP contribution in [0, 0.1) is 12.3 Å². The van der Waals surface area contributed by atoms with E-state index in [0.717, 1.165) is 5.56 Å². The smallest absolute Gasteiger partial charge is 0.246 e. The average Bonchev–Trinajstić information content (AvgIpc) is 2.56. The molecule has 0 unspecified atom stereocenters. The van der Waals surface area contributed by atoms with Gasteiger partial charge in [-0.1, -0.05) is 5.92 Å². The fraction of sp³-hybridized carbons (Fsp3) is 0.438. The SMILES string of the molecule is C#Cc1c(CCC(=O)N(C)OC)cc(OC)c(OC)c1OC. The molecule has 22 heavy (non-hydrogen) atoms. The van der Waals surface area contributed by atoms with Gasteiger partial charge in [-0.2, -0.15) is 0 Å². The highest BCUT2D eigenvalue weighted by Gasteiger charge is 2.20. The second-order valence-corrected chi connectivity index (χ2v) is 4.40. The zero-order valence-corrected chi connectivity index (χ0v) is 13.6. The van der Waals surface area contributed by atoms with Crippen LogP contribution < -0.4 is 14.2 Å². The van der Waals surface area contributed by atoms with Gasteiger partial charge in [0, 0.05) is 13.5 Å². The fourth-order valence-electron chi connectivity index (χ4n) is 2.06. The van der Waals surface area contributed by atoms with Gasteiger partial charge in [0.2, 0.25) is 11.7 Å². The zero-order chi connectivity index (χ0) is 16.7. The monoisotopic (exact) mass is 307 g/mol. The molecule has 1 aromatic rings. The summed E-state index contributed by atoms with van der Waals surface area (Å²) in [6, 6.07) is 1.76. The van der Waals surface area contributed by atoms with Crippen LogP contribution in [0.5, 0.6) is 17.2 Å². The van der Waals surface area contributed by atoms with Crippen LogP contribution in [-0.2, 0) is 16.1 Å². The maximum absolute atomic E-state index is 11.8. The maximum Gasteiger partial charge on any atom is 0.246 e. The first-order valence-electron chi connectivity index (χ1n) is 6.63. The first-order valence-corrected chi connectivity index (χ1v) is 6.63. The number of ether oxygens (including phenoxy) is 3. The van der Waals surface area contributed by atoms with Gasteiger partial charge in [0.15, 0.2) is 11.5 Å². The summed E-state index contributed by atoms with van der Waals surface area (Å²) in [5.41, 5.74) is 1.32. The zero-order valence-electron chi connectivity index (χ0n) is 13.6. The number of benzene rings is 1. The second kappa shape index (κ2) is 8.15. The van der Waals surface area contributed by atoms with Gasteiger partial charge in [0.1, 0.15) is 0 Å². The van der Waals surface area contributed by atoms with Crippen molar-refractivity contribution in [3.63, 3.8) is 0 Å². The summed E-state index contributed by atoms with van der Waals surface area (Å²) in [5.74, 6) is 3.79. The van der Waals surface area contributed by atoms with Crippen molar-refractivity contribution in [3.8, 4) is 29.6 Å². The van der Waals surface area contributed by atoms with Crippen molar-refractivity contribution >= 4 is 5.91 Å². The Morgan fingerprint density at radius 2 is 1.82 bits per heavy atom. The molecule has 6 heteroatoms. The van der Waals surface area contributed by atoms with Gasteiger partial charge in [-0.05, 0) is 18.1 Å². The number of hydroxylamine groups is 2. The Bertz CT molecular complexity index is 577. The summed E-state index contributed by atoms with van der Waals surface area (Å²) >= 11 is 0. The van der Waals surface area contributed by atoms with Crippen molar-refractivity contribution in [1.82, 2.24) is 5.06 Å². The Labute approximate surface area is 130 Å². The van der Waals surface area contributed by atoms with Gasteiger partial charge in [0.05, 0.1) is 34.0 Å². The van der Waals surface area contributed by atoms with E-state index in [9.17, 15) is 4.79 Å². The van der Waals surface area contributed by atoms with Gasteiger partial charge in [-0.25, -0.2) is 5.06 Å². The van der Waals surface area contributed by atoms with Crippen LogP contribution in [0.3, 0.4) is 0 Å². The van der Waals surface area contributed by atoms with E-state index < -0.39 is 0 Å². The predicted molar refractivity (Wildman–Crippen MR) is 82.1 cm³/mol. The largest absolute Gasteiger partial charge is 0.493 e. The van der Waals surface area contributed by atoms with E-state index in [4.69, 9.17) is 25.5 Å². The van der Waals surface area contributed by atoms with Crippen LogP contribution in [0.4, 0.5) is 0 Å². The lowest BCUT2D eigenvalue weighted by Crippen LogP contribution is -2.25. The van der Waals surface area contributed by atoms with Crippen LogP contribution in [0.25, 0.3) is 0 Å². The molecule has 120 valence electrons. The van der Waals surface area contributed by atoms with Crippen LogP contribution in [0.2, 0.25) is 0 Å². The summed E-state index contributed by atoms with van der Waals surface area (Å²) < 4.78 is 15.9. The van der Waals surface area contributed by atoms with E-state index in [-0.39, 0.29) is 12.3 Å². The summed E-state index contributed by atoms with van der Waals surface area (Å²) in [4.78, 5) is 16.7. The number of rotatable bonds is 7. The lowest BCUT2D eigenvalue weighted by molar-refractivity contribution is -0.168. The second-order valence-electron chi connectivity index (χ2n) is 4.40. The van der Waals surface area contributed by atoms with Crippen LogP contribution >= 0.6 is 0 Å². The first-order chi connectivity index (χ1) is 10.5. The topological polar surface area (TPSA) is 57.2 Å². The van der Waals surface area contributed by atoms with Gasteiger partial charge in [-0.3, -0.25) is 9.63 Å². The molecule has 0 spiro atoms. The number of amides is 1. The summed E-state index contributed by atoms with van der Waals surface area (Å²) in [7, 11) is 7.54. The van der Waals surface area contributed by atoms with Crippen molar-refractivity contribution in [2.45, 2.75) is 12.8 Å². The molecule has 1 aromatic carbocycles. The molecule has 0 radical (unpaired) electrons. The third kappa shape index (κ3) is 3.62. The summed E-state index contributed by atoms with van der Waals surface area (Å²) in [5, 5.41) is 1.17. The maximum atomic E-state index is 11.8. The highest BCUT2D eigenvalue weighted by Crippen LogP contribution is 2.41. The van der Waals surface area contributed by atoms with Gasteiger partial charge < -0.3 is 14.2 Å². The normalized spacial score (nSPS) is 9.82. The lowest BCUT2D eigenvalue weighted by Gasteiger charge is -2.18. The van der Waals surface area contributed by atoms with E-state index in [1.807, 2.05) is 0 Å². The standard InChI is InChI=1S/C16H21NO5/c1-7-12-11(8-9-14(18)17(2)22-6)10-13(19-3)16(21-5)15(12)20-4/h1,10H,8-9H2,2-6H3. The highest BCUT2D eigenvalue weighted by molar-refractivity contribution is 5.75. The van der Waals surface area contributed by atoms with E-state index in [2.05, 4.69) is 5.92 Å². The van der Waals surface area contributed by atoms with Crippen LogP contribution in [-0.4, -0.2) is 46.5 Å². The Hall–Kier alpha value is -2.39. The molecule has 0 aliphatic heterocycles. The molecule has 0 aliphatic rings. The van der Waals surface area contributed by atoms with Gasteiger partial charge in [0.25, 0.3) is 0 Å². The van der Waals surface area contributed by atoms with Crippen LogP contribution in [0.15, 0.2) is 6.07 Å². The molecule has 0 saturated carbocycles. The molecule has 0 heterocycles. The van der Waals surface area contributed by atoms with E-state index in [0.29, 0.717) is 29.2 Å².